The Morgan fingerprint density at radius 1 is 0.694 bits per heavy atom. The van der Waals surface area contributed by atoms with Gasteiger partial charge in [0.25, 0.3) is 0 Å². The highest BCUT2D eigenvalue weighted by atomic mass is 16.5. The van der Waals surface area contributed by atoms with Crippen LogP contribution in [0.5, 0.6) is 11.5 Å². The van der Waals surface area contributed by atoms with Crippen LogP contribution >= 0.6 is 0 Å². The molecule has 4 heteroatoms. The molecule has 242 valence electrons. The van der Waals surface area contributed by atoms with E-state index in [-0.39, 0.29) is 5.41 Å². The van der Waals surface area contributed by atoms with E-state index < -0.39 is 5.60 Å². The second-order valence-electron chi connectivity index (χ2n) is 13.8. The van der Waals surface area contributed by atoms with Crippen molar-refractivity contribution in [2.24, 2.45) is 0 Å². The molecular weight excluding hydrogens is 602 g/mol. The van der Waals surface area contributed by atoms with E-state index in [1.807, 2.05) is 0 Å². The van der Waals surface area contributed by atoms with Crippen LogP contribution in [0.4, 0.5) is 5.69 Å². The summed E-state index contributed by atoms with van der Waals surface area (Å²) in [5.74, 6) is 1.70. The number of ether oxygens (including phenoxy) is 3. The lowest BCUT2D eigenvalue weighted by Gasteiger charge is -2.38. The molecule has 0 bridgehead atoms. The van der Waals surface area contributed by atoms with Gasteiger partial charge in [0, 0.05) is 46.3 Å². The van der Waals surface area contributed by atoms with Gasteiger partial charge in [-0.15, -0.1) is 0 Å². The molecule has 0 saturated carbocycles. The van der Waals surface area contributed by atoms with Gasteiger partial charge in [0.15, 0.2) is 5.60 Å². The normalized spacial score (nSPS) is 18.8. The molecule has 49 heavy (non-hydrogen) atoms. The maximum atomic E-state index is 7.52. The van der Waals surface area contributed by atoms with Crippen molar-refractivity contribution in [2.75, 3.05) is 38.3 Å². The summed E-state index contributed by atoms with van der Waals surface area (Å²) in [5.41, 5.74) is 11.1. The van der Waals surface area contributed by atoms with Crippen LogP contribution in [0.2, 0.25) is 0 Å². The summed E-state index contributed by atoms with van der Waals surface area (Å²) in [4.78, 5) is 2.39. The first-order valence-electron chi connectivity index (χ1n) is 17.2. The van der Waals surface area contributed by atoms with Gasteiger partial charge in [0.2, 0.25) is 0 Å². The molecule has 1 saturated heterocycles. The second-order valence-corrected chi connectivity index (χ2v) is 13.8. The molecule has 0 amide bonds. The van der Waals surface area contributed by atoms with Gasteiger partial charge in [-0.2, -0.15) is 0 Å². The molecule has 4 nitrogen and oxygen atoms in total. The Labute approximate surface area is 288 Å². The average Bonchev–Trinajstić information content (AvgIpc) is 3.41. The molecule has 0 radical (unpaired) electrons. The quantitative estimate of drug-likeness (QED) is 0.188. The average molecular weight is 642 g/mol. The third-order valence-electron chi connectivity index (χ3n) is 10.8. The molecule has 1 atom stereocenters. The summed E-state index contributed by atoms with van der Waals surface area (Å²) in [6.07, 6.45) is 4.60. The van der Waals surface area contributed by atoms with Crippen LogP contribution in [0.3, 0.4) is 0 Å². The first-order valence-corrected chi connectivity index (χ1v) is 17.2. The Balaban J connectivity index is 1.26. The van der Waals surface area contributed by atoms with Gasteiger partial charge in [-0.3, -0.25) is 0 Å². The van der Waals surface area contributed by atoms with Crippen LogP contribution in [-0.4, -0.2) is 33.4 Å². The standard InChI is InChI=1S/C45H39NO3/c1-44(2)40-28-31(30-10-6-4-7-11-30)14-20-37(40)41-36-21-19-35(47-3)29-39(36)43-38(42(41)44)22-23-45(49-43,32-12-8-5-9-13-32)33-15-17-34(18-16-33)46-24-26-48-27-25-46/h4-23,28-29H,24-27H2,1-3H3. The van der Waals surface area contributed by atoms with E-state index in [0.29, 0.717) is 0 Å². The number of methoxy groups -OCH3 is 1. The first kappa shape index (κ1) is 29.8. The Morgan fingerprint density at radius 2 is 1.41 bits per heavy atom. The Bertz CT molecular complexity index is 2230. The van der Waals surface area contributed by atoms with Crippen molar-refractivity contribution >= 4 is 22.5 Å². The van der Waals surface area contributed by atoms with Crippen LogP contribution in [0.25, 0.3) is 39.1 Å². The summed E-state index contributed by atoms with van der Waals surface area (Å²) in [5, 5.41) is 2.23. The fourth-order valence-electron chi connectivity index (χ4n) is 8.31. The number of benzene rings is 6. The molecule has 2 aliphatic heterocycles. The van der Waals surface area contributed by atoms with Gasteiger partial charge in [-0.1, -0.05) is 105 Å². The van der Waals surface area contributed by atoms with Crippen molar-refractivity contribution in [1.82, 2.24) is 0 Å². The van der Waals surface area contributed by atoms with Crippen LogP contribution in [0.1, 0.15) is 41.7 Å². The minimum atomic E-state index is -0.821. The second kappa shape index (κ2) is 11.4. The number of fused-ring (bicyclic) bond motifs is 8. The minimum Gasteiger partial charge on any atom is -0.497 e. The number of anilines is 1. The minimum absolute atomic E-state index is 0.256. The van der Waals surface area contributed by atoms with E-state index in [2.05, 4.69) is 152 Å². The largest absolute Gasteiger partial charge is 0.497 e. The molecule has 1 aliphatic carbocycles. The van der Waals surface area contributed by atoms with E-state index >= 15 is 0 Å². The monoisotopic (exact) mass is 641 g/mol. The fourth-order valence-corrected chi connectivity index (χ4v) is 8.31. The highest BCUT2D eigenvalue weighted by molar-refractivity contribution is 6.09. The van der Waals surface area contributed by atoms with Crippen LogP contribution < -0.4 is 14.4 Å². The summed E-state index contributed by atoms with van der Waals surface area (Å²) < 4.78 is 18.9. The smallest absolute Gasteiger partial charge is 0.178 e. The lowest BCUT2D eigenvalue weighted by Crippen LogP contribution is -2.37. The van der Waals surface area contributed by atoms with Gasteiger partial charge in [-0.05, 0) is 81.2 Å². The summed E-state index contributed by atoms with van der Waals surface area (Å²) in [6, 6.07) is 43.6. The van der Waals surface area contributed by atoms with Gasteiger partial charge in [0.1, 0.15) is 11.5 Å². The van der Waals surface area contributed by atoms with Crippen molar-refractivity contribution in [2.45, 2.75) is 24.9 Å². The fraction of sp³-hybridized carbons (Fsp3) is 0.200. The molecule has 2 heterocycles. The number of hydrogen-bond acceptors (Lipinski definition) is 4. The lowest BCUT2D eigenvalue weighted by atomic mass is 9.76. The molecule has 1 fully saturated rings. The molecule has 1 unspecified atom stereocenters. The Kier molecular flexibility index (Phi) is 6.93. The van der Waals surface area contributed by atoms with Crippen LogP contribution in [-0.2, 0) is 15.8 Å². The molecular formula is C45H39NO3. The zero-order valence-corrected chi connectivity index (χ0v) is 28.2. The molecule has 9 rings (SSSR count). The van der Waals surface area contributed by atoms with Crippen molar-refractivity contribution in [3.8, 4) is 33.8 Å². The van der Waals surface area contributed by atoms with E-state index in [0.717, 1.165) is 59.9 Å². The zero-order valence-electron chi connectivity index (χ0n) is 28.2. The predicted octanol–water partition coefficient (Wildman–Crippen LogP) is 10.0. The van der Waals surface area contributed by atoms with E-state index in [9.17, 15) is 0 Å². The maximum absolute atomic E-state index is 7.52. The highest BCUT2D eigenvalue weighted by Gasteiger charge is 2.44. The van der Waals surface area contributed by atoms with E-state index in [1.54, 1.807) is 7.11 Å². The van der Waals surface area contributed by atoms with E-state index in [4.69, 9.17) is 14.2 Å². The van der Waals surface area contributed by atoms with Crippen LogP contribution in [0, 0.1) is 0 Å². The third-order valence-corrected chi connectivity index (χ3v) is 10.8. The molecule has 0 aromatic heterocycles. The van der Waals surface area contributed by atoms with Gasteiger partial charge >= 0.3 is 0 Å². The number of rotatable bonds is 5. The van der Waals surface area contributed by atoms with Crippen molar-refractivity contribution < 1.29 is 14.2 Å². The highest BCUT2D eigenvalue weighted by Crippen LogP contribution is 2.58. The summed E-state index contributed by atoms with van der Waals surface area (Å²) in [6.45, 7) is 8.03. The third kappa shape index (κ3) is 4.62. The number of hydrogen-bond donors (Lipinski definition) is 0. The Morgan fingerprint density at radius 3 is 2.14 bits per heavy atom. The summed E-state index contributed by atoms with van der Waals surface area (Å²) >= 11 is 0. The van der Waals surface area contributed by atoms with E-state index in [1.165, 1.54) is 44.5 Å². The topological polar surface area (TPSA) is 30.9 Å². The van der Waals surface area contributed by atoms with Gasteiger partial charge in [0.05, 0.1) is 20.3 Å². The van der Waals surface area contributed by atoms with Gasteiger partial charge in [-0.25, -0.2) is 0 Å². The SMILES string of the molecule is COc1ccc2c3c(c4c(c2c1)OC(c1ccccc1)(c1ccc(N2CCOCC2)cc1)C=C4)C(C)(C)c1cc(-c2ccccc2)ccc1-3. The number of nitrogens with zero attached hydrogens (tertiary/aromatic N) is 1. The predicted molar refractivity (Wildman–Crippen MR) is 200 cm³/mol. The zero-order chi connectivity index (χ0) is 33.2. The van der Waals surface area contributed by atoms with Crippen molar-refractivity contribution in [3.05, 3.63) is 155 Å². The first-order chi connectivity index (χ1) is 24.0. The molecule has 6 aromatic rings. The van der Waals surface area contributed by atoms with Gasteiger partial charge < -0.3 is 19.1 Å². The molecule has 3 aliphatic rings. The van der Waals surface area contributed by atoms with Crippen molar-refractivity contribution in [3.63, 3.8) is 0 Å². The van der Waals surface area contributed by atoms with Crippen molar-refractivity contribution in [1.29, 1.82) is 0 Å². The lowest BCUT2D eigenvalue weighted by molar-refractivity contribution is 0.122. The summed E-state index contributed by atoms with van der Waals surface area (Å²) in [7, 11) is 1.73. The Hall–Kier alpha value is -5.32. The number of morpholine rings is 1. The maximum Gasteiger partial charge on any atom is 0.178 e. The molecule has 0 spiro atoms. The molecule has 0 N–H and O–H groups in total. The van der Waals surface area contributed by atoms with Crippen LogP contribution in [0.15, 0.2) is 127 Å². The molecule has 6 aromatic carbocycles.